The molecule has 0 spiro atoms. The third-order valence-corrected chi connectivity index (χ3v) is 3.23. The molecule has 1 aromatic heterocycles. The Bertz CT molecular complexity index is 361. The largest absolute Gasteiger partial charge is 0.338 e. The zero-order valence-corrected chi connectivity index (χ0v) is 10.9. The van der Waals surface area contributed by atoms with E-state index >= 15 is 0 Å². The van der Waals surface area contributed by atoms with Gasteiger partial charge < -0.3 is 10.3 Å². The summed E-state index contributed by atoms with van der Waals surface area (Å²) in [5.74, 6) is 1.48. The third kappa shape index (κ3) is 2.84. The highest BCUT2D eigenvalue weighted by atomic mass is 16.5. The number of hydrogen-bond donors (Lipinski definition) is 1. The fraction of sp³-hybridized carbons (Fsp3) is 0.833. The van der Waals surface area contributed by atoms with E-state index in [1.165, 1.54) is 6.42 Å². The number of nitrogens with zero attached hydrogens (tertiary/aromatic N) is 3. The molecule has 1 aliphatic rings. The summed E-state index contributed by atoms with van der Waals surface area (Å²) in [7, 11) is 0. The summed E-state index contributed by atoms with van der Waals surface area (Å²) < 4.78 is 5.37. The van der Waals surface area contributed by atoms with Gasteiger partial charge in [-0.05, 0) is 40.2 Å². The Morgan fingerprint density at radius 1 is 1.47 bits per heavy atom. The van der Waals surface area contributed by atoms with Crippen molar-refractivity contribution < 1.29 is 4.52 Å². The highest BCUT2D eigenvalue weighted by Crippen LogP contribution is 2.32. The van der Waals surface area contributed by atoms with Crippen molar-refractivity contribution in [1.82, 2.24) is 15.0 Å². The summed E-state index contributed by atoms with van der Waals surface area (Å²) in [6.07, 6.45) is 2.99. The smallest absolute Gasteiger partial charge is 0.244 e. The molecule has 0 aliphatic carbocycles. The molecule has 2 heterocycles. The van der Waals surface area contributed by atoms with Gasteiger partial charge in [0.15, 0.2) is 5.82 Å². The maximum atomic E-state index is 5.73. The second kappa shape index (κ2) is 5.14. The predicted molar refractivity (Wildman–Crippen MR) is 65.5 cm³/mol. The summed E-state index contributed by atoms with van der Waals surface area (Å²) in [4.78, 5) is 6.89. The van der Waals surface area contributed by atoms with Crippen LogP contribution >= 0.6 is 0 Å². The number of rotatable bonds is 4. The van der Waals surface area contributed by atoms with E-state index in [1.54, 1.807) is 0 Å². The van der Waals surface area contributed by atoms with Gasteiger partial charge in [0, 0.05) is 18.5 Å². The SMILES string of the molecule is CC(N)Cc1noc(C2CCCN2C(C)C)n1. The van der Waals surface area contributed by atoms with Crippen LogP contribution in [0.3, 0.4) is 0 Å². The molecule has 5 heteroatoms. The normalized spacial score (nSPS) is 23.5. The quantitative estimate of drug-likeness (QED) is 0.861. The Morgan fingerprint density at radius 3 is 2.88 bits per heavy atom. The number of hydrogen-bond acceptors (Lipinski definition) is 5. The topological polar surface area (TPSA) is 68.2 Å². The van der Waals surface area contributed by atoms with Crippen LogP contribution in [0.5, 0.6) is 0 Å². The van der Waals surface area contributed by atoms with E-state index in [4.69, 9.17) is 10.3 Å². The zero-order chi connectivity index (χ0) is 12.4. The highest BCUT2D eigenvalue weighted by molar-refractivity contribution is 4.98. The molecule has 1 fully saturated rings. The van der Waals surface area contributed by atoms with E-state index in [0.717, 1.165) is 24.7 Å². The molecule has 2 rings (SSSR count). The molecule has 0 radical (unpaired) electrons. The molecule has 96 valence electrons. The first-order valence-electron chi connectivity index (χ1n) is 6.41. The van der Waals surface area contributed by atoms with Crippen LogP contribution in [0.2, 0.25) is 0 Å². The van der Waals surface area contributed by atoms with E-state index in [9.17, 15) is 0 Å². The molecule has 1 aliphatic heterocycles. The molecule has 1 aromatic rings. The molecule has 2 unspecified atom stereocenters. The maximum absolute atomic E-state index is 5.73. The second-order valence-corrected chi connectivity index (χ2v) is 5.22. The molecule has 17 heavy (non-hydrogen) atoms. The van der Waals surface area contributed by atoms with Crippen LogP contribution in [0.4, 0.5) is 0 Å². The van der Waals surface area contributed by atoms with Crippen molar-refractivity contribution >= 4 is 0 Å². The van der Waals surface area contributed by atoms with Gasteiger partial charge in [0.05, 0.1) is 6.04 Å². The average molecular weight is 238 g/mol. The molecule has 2 N–H and O–H groups in total. The van der Waals surface area contributed by atoms with Crippen molar-refractivity contribution in [3.8, 4) is 0 Å². The number of likely N-dealkylation sites (tertiary alicyclic amines) is 1. The van der Waals surface area contributed by atoms with Crippen LogP contribution in [0.25, 0.3) is 0 Å². The molecule has 0 amide bonds. The van der Waals surface area contributed by atoms with Crippen molar-refractivity contribution in [3.05, 3.63) is 11.7 Å². The van der Waals surface area contributed by atoms with Crippen molar-refractivity contribution in [2.45, 2.75) is 58.2 Å². The van der Waals surface area contributed by atoms with Crippen LogP contribution in [-0.4, -0.2) is 33.7 Å². The van der Waals surface area contributed by atoms with Crippen LogP contribution in [-0.2, 0) is 6.42 Å². The summed E-state index contributed by atoms with van der Waals surface area (Å²) in [6.45, 7) is 7.48. The van der Waals surface area contributed by atoms with Crippen molar-refractivity contribution in [1.29, 1.82) is 0 Å². The molecule has 1 saturated heterocycles. The van der Waals surface area contributed by atoms with E-state index < -0.39 is 0 Å². The van der Waals surface area contributed by atoms with Gasteiger partial charge in [-0.1, -0.05) is 5.16 Å². The fourth-order valence-corrected chi connectivity index (χ4v) is 2.45. The maximum Gasteiger partial charge on any atom is 0.244 e. The Hall–Kier alpha value is -0.940. The van der Waals surface area contributed by atoms with Crippen molar-refractivity contribution in [2.24, 2.45) is 5.73 Å². The van der Waals surface area contributed by atoms with Crippen molar-refractivity contribution in [3.63, 3.8) is 0 Å². The van der Waals surface area contributed by atoms with Crippen molar-refractivity contribution in [2.75, 3.05) is 6.54 Å². The number of aromatic nitrogens is 2. The lowest BCUT2D eigenvalue weighted by atomic mass is 10.2. The Kier molecular flexibility index (Phi) is 3.79. The van der Waals surface area contributed by atoms with Gasteiger partial charge in [-0.2, -0.15) is 4.98 Å². The first-order valence-corrected chi connectivity index (χ1v) is 6.41. The van der Waals surface area contributed by atoms with E-state index in [-0.39, 0.29) is 6.04 Å². The Labute approximate surface area is 102 Å². The minimum absolute atomic E-state index is 0.0743. The lowest BCUT2D eigenvalue weighted by Gasteiger charge is -2.25. The second-order valence-electron chi connectivity index (χ2n) is 5.22. The van der Waals surface area contributed by atoms with Gasteiger partial charge in [0.2, 0.25) is 5.89 Å². The van der Waals surface area contributed by atoms with Crippen LogP contribution in [0, 0.1) is 0 Å². The molecule has 5 nitrogen and oxygen atoms in total. The van der Waals surface area contributed by atoms with Gasteiger partial charge >= 0.3 is 0 Å². The molecule has 0 saturated carbocycles. The first-order chi connectivity index (χ1) is 8.08. The van der Waals surface area contributed by atoms with Crippen LogP contribution in [0.1, 0.15) is 51.4 Å². The fourth-order valence-electron chi connectivity index (χ4n) is 2.45. The minimum Gasteiger partial charge on any atom is -0.338 e. The molecular formula is C12H22N4O. The van der Waals surface area contributed by atoms with Crippen LogP contribution < -0.4 is 5.73 Å². The van der Waals surface area contributed by atoms with E-state index in [2.05, 4.69) is 28.9 Å². The number of nitrogens with two attached hydrogens (primary N) is 1. The predicted octanol–water partition coefficient (Wildman–Crippen LogP) is 1.50. The summed E-state index contributed by atoms with van der Waals surface area (Å²) in [5.41, 5.74) is 5.73. The third-order valence-electron chi connectivity index (χ3n) is 3.23. The Morgan fingerprint density at radius 2 is 2.24 bits per heavy atom. The molecule has 0 bridgehead atoms. The van der Waals surface area contributed by atoms with Gasteiger partial charge in [0.25, 0.3) is 0 Å². The van der Waals surface area contributed by atoms with Crippen LogP contribution in [0.15, 0.2) is 4.52 Å². The minimum atomic E-state index is 0.0743. The summed E-state index contributed by atoms with van der Waals surface area (Å²) in [6, 6.07) is 0.890. The Balaban J connectivity index is 2.08. The van der Waals surface area contributed by atoms with Gasteiger partial charge in [0.1, 0.15) is 0 Å². The monoisotopic (exact) mass is 238 g/mol. The van der Waals surface area contributed by atoms with Gasteiger partial charge in [-0.25, -0.2) is 0 Å². The zero-order valence-electron chi connectivity index (χ0n) is 10.9. The van der Waals surface area contributed by atoms with Gasteiger partial charge in [-0.3, -0.25) is 4.90 Å². The van der Waals surface area contributed by atoms with E-state index in [1.807, 2.05) is 6.92 Å². The first kappa shape index (κ1) is 12.5. The molecule has 0 aromatic carbocycles. The standard InChI is InChI=1S/C12H22N4O/c1-8(2)16-6-4-5-10(16)12-14-11(15-17-12)7-9(3)13/h8-10H,4-7,13H2,1-3H3. The molecular weight excluding hydrogens is 216 g/mol. The average Bonchev–Trinajstić information content (AvgIpc) is 2.82. The lowest BCUT2D eigenvalue weighted by Crippen LogP contribution is -2.30. The summed E-state index contributed by atoms with van der Waals surface area (Å²) in [5, 5.41) is 4.00. The summed E-state index contributed by atoms with van der Waals surface area (Å²) >= 11 is 0. The highest BCUT2D eigenvalue weighted by Gasteiger charge is 2.32. The molecule has 2 atom stereocenters. The van der Waals surface area contributed by atoms with Gasteiger partial charge in [-0.15, -0.1) is 0 Å². The van der Waals surface area contributed by atoms with E-state index in [0.29, 0.717) is 18.5 Å². The lowest BCUT2D eigenvalue weighted by molar-refractivity contribution is 0.170.